The Balaban J connectivity index is 1.82. The van der Waals surface area contributed by atoms with Gasteiger partial charge in [0.1, 0.15) is 0 Å². The molecule has 0 heterocycles. The van der Waals surface area contributed by atoms with Gasteiger partial charge in [-0.05, 0) is 49.5 Å². The van der Waals surface area contributed by atoms with E-state index in [2.05, 4.69) is 56.4 Å². The molecule has 1 nitrogen and oxygen atoms in total. The molecule has 1 aromatic rings. The second-order valence-electron chi connectivity index (χ2n) is 6.33. The Bertz CT molecular complexity index is 336. The number of hydrogen-bond donors (Lipinski definition) is 1. The average Bonchev–Trinajstić information content (AvgIpc) is 2.36. The second-order valence-corrected chi connectivity index (χ2v) is 6.33. The summed E-state index contributed by atoms with van der Waals surface area (Å²) in [6.45, 7) is 8.18. The van der Waals surface area contributed by atoms with E-state index in [1.165, 1.54) is 24.8 Å². The molecule has 2 rings (SSSR count). The maximum atomic E-state index is 3.71. The topological polar surface area (TPSA) is 12.0 Å². The Morgan fingerprint density at radius 3 is 2.28 bits per heavy atom. The van der Waals surface area contributed by atoms with Crippen LogP contribution < -0.4 is 5.32 Å². The lowest BCUT2D eigenvalue weighted by molar-refractivity contribution is 0.182. The molecular weight excluding hydrogens is 218 g/mol. The molecule has 1 saturated carbocycles. The highest BCUT2D eigenvalue weighted by Gasteiger charge is 2.27. The van der Waals surface area contributed by atoms with Gasteiger partial charge in [0.25, 0.3) is 0 Å². The molecule has 1 N–H and O–H groups in total. The molecule has 1 heteroatoms. The SMILES string of the molecule is C[C@H]1CC([C@@H](C)NCc2ccccc2)C[C@H](C)C1. The van der Waals surface area contributed by atoms with Crippen molar-refractivity contribution in [3.05, 3.63) is 35.9 Å². The van der Waals surface area contributed by atoms with E-state index in [9.17, 15) is 0 Å². The molecule has 0 aromatic heterocycles. The summed E-state index contributed by atoms with van der Waals surface area (Å²) in [4.78, 5) is 0. The van der Waals surface area contributed by atoms with Gasteiger partial charge in [-0.1, -0.05) is 44.2 Å². The highest BCUT2D eigenvalue weighted by Crippen LogP contribution is 2.34. The number of rotatable bonds is 4. The van der Waals surface area contributed by atoms with Crippen LogP contribution in [-0.4, -0.2) is 6.04 Å². The standard InChI is InChI=1S/C17H27N/c1-13-9-14(2)11-17(10-13)15(3)18-12-16-7-5-4-6-8-16/h4-8,13-15,17-18H,9-12H2,1-3H3/t13-,14-,15-/m1/s1. The molecule has 0 aliphatic heterocycles. The lowest BCUT2D eigenvalue weighted by Crippen LogP contribution is -2.37. The minimum Gasteiger partial charge on any atom is -0.310 e. The van der Waals surface area contributed by atoms with Crippen LogP contribution in [0.15, 0.2) is 30.3 Å². The maximum Gasteiger partial charge on any atom is 0.0208 e. The fourth-order valence-electron chi connectivity index (χ4n) is 3.46. The molecule has 1 aromatic carbocycles. The summed E-state index contributed by atoms with van der Waals surface area (Å²) in [5, 5.41) is 3.71. The van der Waals surface area contributed by atoms with Gasteiger partial charge in [-0.15, -0.1) is 0 Å². The van der Waals surface area contributed by atoms with Gasteiger partial charge in [-0.2, -0.15) is 0 Å². The Morgan fingerprint density at radius 2 is 1.67 bits per heavy atom. The zero-order valence-corrected chi connectivity index (χ0v) is 12.0. The molecule has 0 amide bonds. The third-order valence-corrected chi connectivity index (χ3v) is 4.39. The van der Waals surface area contributed by atoms with Gasteiger partial charge >= 0.3 is 0 Å². The number of benzene rings is 1. The van der Waals surface area contributed by atoms with E-state index in [4.69, 9.17) is 0 Å². The van der Waals surface area contributed by atoms with Crippen LogP contribution in [0.5, 0.6) is 0 Å². The lowest BCUT2D eigenvalue weighted by atomic mass is 9.74. The third kappa shape index (κ3) is 3.84. The van der Waals surface area contributed by atoms with E-state index in [-0.39, 0.29) is 0 Å². The Hall–Kier alpha value is -0.820. The Kier molecular flexibility index (Phi) is 4.82. The summed E-state index contributed by atoms with van der Waals surface area (Å²) in [5.74, 6) is 2.66. The van der Waals surface area contributed by atoms with Gasteiger partial charge in [-0.3, -0.25) is 0 Å². The van der Waals surface area contributed by atoms with Crippen LogP contribution in [0.25, 0.3) is 0 Å². The molecule has 0 unspecified atom stereocenters. The summed E-state index contributed by atoms with van der Waals surface area (Å²) in [6, 6.07) is 11.4. The van der Waals surface area contributed by atoms with Crippen molar-refractivity contribution < 1.29 is 0 Å². The monoisotopic (exact) mass is 245 g/mol. The molecular formula is C17H27N. The molecule has 3 atom stereocenters. The third-order valence-electron chi connectivity index (χ3n) is 4.39. The Morgan fingerprint density at radius 1 is 1.06 bits per heavy atom. The van der Waals surface area contributed by atoms with Gasteiger partial charge in [0.15, 0.2) is 0 Å². The van der Waals surface area contributed by atoms with E-state index in [0.29, 0.717) is 6.04 Å². The Labute approximate surface area is 112 Å². The molecule has 0 bridgehead atoms. The van der Waals surface area contributed by atoms with Crippen molar-refractivity contribution in [2.75, 3.05) is 0 Å². The summed E-state index contributed by atoms with van der Waals surface area (Å²) in [7, 11) is 0. The van der Waals surface area contributed by atoms with E-state index >= 15 is 0 Å². The van der Waals surface area contributed by atoms with Gasteiger partial charge < -0.3 is 5.32 Å². The van der Waals surface area contributed by atoms with Crippen molar-refractivity contribution in [3.8, 4) is 0 Å². The predicted molar refractivity (Wildman–Crippen MR) is 78.4 cm³/mol. The molecule has 0 spiro atoms. The molecule has 1 fully saturated rings. The zero-order chi connectivity index (χ0) is 13.0. The van der Waals surface area contributed by atoms with Crippen LogP contribution in [0.4, 0.5) is 0 Å². The molecule has 100 valence electrons. The van der Waals surface area contributed by atoms with Crippen molar-refractivity contribution >= 4 is 0 Å². The summed E-state index contributed by atoms with van der Waals surface area (Å²) >= 11 is 0. The first-order valence-corrected chi connectivity index (χ1v) is 7.42. The molecule has 0 saturated heterocycles. The van der Waals surface area contributed by atoms with Gasteiger partial charge in [0.05, 0.1) is 0 Å². The van der Waals surface area contributed by atoms with Crippen LogP contribution in [0.1, 0.15) is 45.6 Å². The summed E-state index contributed by atoms with van der Waals surface area (Å²) in [5.41, 5.74) is 1.39. The van der Waals surface area contributed by atoms with Crippen LogP contribution in [-0.2, 0) is 6.54 Å². The minimum absolute atomic E-state index is 0.635. The van der Waals surface area contributed by atoms with Crippen molar-refractivity contribution in [1.82, 2.24) is 5.32 Å². The smallest absolute Gasteiger partial charge is 0.0208 e. The summed E-state index contributed by atoms with van der Waals surface area (Å²) in [6.07, 6.45) is 4.21. The minimum atomic E-state index is 0.635. The number of hydrogen-bond acceptors (Lipinski definition) is 1. The first-order chi connectivity index (χ1) is 8.65. The van der Waals surface area contributed by atoms with Crippen molar-refractivity contribution in [3.63, 3.8) is 0 Å². The largest absolute Gasteiger partial charge is 0.310 e. The first kappa shape index (κ1) is 13.6. The predicted octanol–water partition coefficient (Wildman–Crippen LogP) is 4.24. The van der Waals surface area contributed by atoms with Crippen molar-refractivity contribution in [2.45, 2.75) is 52.6 Å². The van der Waals surface area contributed by atoms with Crippen molar-refractivity contribution in [1.29, 1.82) is 0 Å². The zero-order valence-electron chi connectivity index (χ0n) is 12.0. The quantitative estimate of drug-likeness (QED) is 0.836. The van der Waals surface area contributed by atoms with E-state index in [1.807, 2.05) is 0 Å². The molecule has 1 aliphatic carbocycles. The lowest BCUT2D eigenvalue weighted by Gasteiger charge is -2.35. The van der Waals surface area contributed by atoms with Crippen LogP contribution in [0.3, 0.4) is 0 Å². The van der Waals surface area contributed by atoms with Gasteiger partial charge in [0.2, 0.25) is 0 Å². The maximum absolute atomic E-state index is 3.71. The molecule has 0 radical (unpaired) electrons. The summed E-state index contributed by atoms with van der Waals surface area (Å²) < 4.78 is 0. The van der Waals surface area contributed by atoms with Gasteiger partial charge in [-0.25, -0.2) is 0 Å². The second kappa shape index (κ2) is 6.38. The van der Waals surface area contributed by atoms with Crippen LogP contribution in [0.2, 0.25) is 0 Å². The van der Waals surface area contributed by atoms with E-state index in [1.54, 1.807) is 0 Å². The molecule has 18 heavy (non-hydrogen) atoms. The number of nitrogens with one attached hydrogen (secondary N) is 1. The van der Waals surface area contributed by atoms with Gasteiger partial charge in [0, 0.05) is 12.6 Å². The average molecular weight is 245 g/mol. The highest BCUT2D eigenvalue weighted by molar-refractivity contribution is 5.14. The van der Waals surface area contributed by atoms with Crippen molar-refractivity contribution in [2.24, 2.45) is 17.8 Å². The normalized spacial score (nSPS) is 30.1. The fraction of sp³-hybridized carbons (Fsp3) is 0.647. The first-order valence-electron chi connectivity index (χ1n) is 7.42. The van der Waals surface area contributed by atoms with Crippen LogP contribution >= 0.6 is 0 Å². The van der Waals surface area contributed by atoms with E-state index in [0.717, 1.165) is 24.3 Å². The fourth-order valence-corrected chi connectivity index (χ4v) is 3.46. The highest BCUT2D eigenvalue weighted by atomic mass is 14.9. The molecule has 1 aliphatic rings. The van der Waals surface area contributed by atoms with E-state index < -0.39 is 0 Å². The van der Waals surface area contributed by atoms with Crippen LogP contribution in [0, 0.1) is 17.8 Å².